The van der Waals surface area contributed by atoms with Gasteiger partial charge in [0.15, 0.2) is 0 Å². The summed E-state index contributed by atoms with van der Waals surface area (Å²) < 4.78 is 0.881. The summed E-state index contributed by atoms with van der Waals surface area (Å²) in [4.78, 5) is 11.8. The van der Waals surface area contributed by atoms with Gasteiger partial charge >= 0.3 is 0 Å². The van der Waals surface area contributed by atoms with Crippen LogP contribution >= 0.6 is 34.5 Å². The minimum absolute atomic E-state index is 0.0350. The van der Waals surface area contributed by atoms with Crippen LogP contribution in [-0.2, 0) is 0 Å². The van der Waals surface area contributed by atoms with Gasteiger partial charge in [0.05, 0.1) is 9.90 Å². The number of nitrogens with one attached hydrogen (secondary N) is 1. The van der Waals surface area contributed by atoms with Crippen molar-refractivity contribution in [2.45, 2.75) is 25.8 Å². The maximum absolute atomic E-state index is 11.8. The highest BCUT2D eigenvalue weighted by Crippen LogP contribution is 2.31. The quantitative estimate of drug-likeness (QED) is 0.872. The van der Waals surface area contributed by atoms with E-state index in [9.17, 15) is 4.79 Å². The van der Waals surface area contributed by atoms with Crippen LogP contribution in [0.25, 0.3) is 0 Å². The first kappa shape index (κ1) is 13.8. The zero-order valence-corrected chi connectivity index (χ0v) is 11.1. The lowest BCUT2D eigenvalue weighted by atomic mass is 10.1. The minimum atomic E-state index is -0.242. The summed E-state index contributed by atoms with van der Waals surface area (Å²) in [6.45, 7) is 2.00. The molecule has 3 nitrogen and oxygen atoms in total. The van der Waals surface area contributed by atoms with Crippen molar-refractivity contribution in [2.75, 3.05) is 6.61 Å². The fraction of sp³-hybridized carbons (Fsp3) is 0.500. The van der Waals surface area contributed by atoms with Crippen LogP contribution in [-0.4, -0.2) is 23.7 Å². The van der Waals surface area contributed by atoms with E-state index in [0.717, 1.165) is 6.42 Å². The highest BCUT2D eigenvalue weighted by atomic mass is 35.5. The standard InChI is InChI=1S/C10H13Cl2NO2S/c1-2-6(3-4-14)13-10(15)7-5-8(11)16-9(7)12/h5-6,14H,2-4H2,1H3,(H,13,15). The SMILES string of the molecule is CCC(CCO)NC(=O)c1cc(Cl)sc1Cl. The lowest BCUT2D eigenvalue weighted by Gasteiger charge is -2.15. The normalized spacial score (nSPS) is 12.5. The number of carbonyl (C=O) groups is 1. The second-order valence-corrected chi connectivity index (χ2v) is 5.61. The Morgan fingerprint density at radius 2 is 2.31 bits per heavy atom. The number of halogens is 2. The molecule has 1 heterocycles. The zero-order chi connectivity index (χ0) is 12.1. The molecule has 1 aromatic rings. The Morgan fingerprint density at radius 1 is 1.62 bits per heavy atom. The average molecular weight is 282 g/mol. The van der Waals surface area contributed by atoms with Crippen LogP contribution in [0.3, 0.4) is 0 Å². The molecule has 16 heavy (non-hydrogen) atoms. The minimum Gasteiger partial charge on any atom is -0.396 e. The molecule has 0 bridgehead atoms. The van der Waals surface area contributed by atoms with Gasteiger partial charge in [-0.05, 0) is 18.9 Å². The molecule has 0 fully saturated rings. The predicted octanol–water partition coefficient (Wildman–Crippen LogP) is 2.95. The van der Waals surface area contributed by atoms with Crippen LogP contribution < -0.4 is 5.32 Å². The first-order valence-electron chi connectivity index (χ1n) is 4.95. The largest absolute Gasteiger partial charge is 0.396 e. The molecule has 0 radical (unpaired) electrons. The van der Waals surface area contributed by atoms with Crippen molar-refractivity contribution in [1.82, 2.24) is 5.32 Å². The molecular weight excluding hydrogens is 269 g/mol. The molecular formula is C10H13Cl2NO2S. The Bertz CT molecular complexity index is 368. The molecule has 1 aromatic heterocycles. The van der Waals surface area contributed by atoms with Crippen molar-refractivity contribution in [3.8, 4) is 0 Å². The highest BCUT2D eigenvalue weighted by Gasteiger charge is 2.16. The second kappa shape index (κ2) is 6.45. The topological polar surface area (TPSA) is 49.3 Å². The van der Waals surface area contributed by atoms with Gasteiger partial charge in [0.2, 0.25) is 0 Å². The van der Waals surface area contributed by atoms with Crippen LogP contribution in [0.15, 0.2) is 6.07 Å². The van der Waals surface area contributed by atoms with E-state index in [4.69, 9.17) is 28.3 Å². The average Bonchev–Trinajstić information content (AvgIpc) is 2.57. The van der Waals surface area contributed by atoms with Crippen molar-refractivity contribution in [1.29, 1.82) is 0 Å². The number of hydrogen-bond acceptors (Lipinski definition) is 3. The lowest BCUT2D eigenvalue weighted by Crippen LogP contribution is -2.34. The fourth-order valence-electron chi connectivity index (χ4n) is 1.29. The second-order valence-electron chi connectivity index (χ2n) is 3.33. The maximum Gasteiger partial charge on any atom is 0.253 e. The predicted molar refractivity (Wildman–Crippen MR) is 67.6 cm³/mol. The molecule has 0 saturated carbocycles. The molecule has 1 atom stereocenters. The summed E-state index contributed by atoms with van der Waals surface area (Å²) >= 11 is 12.8. The van der Waals surface area contributed by atoms with Gasteiger partial charge in [0.25, 0.3) is 5.91 Å². The molecule has 0 aliphatic rings. The van der Waals surface area contributed by atoms with Gasteiger partial charge in [-0.15, -0.1) is 11.3 Å². The Balaban J connectivity index is 2.67. The molecule has 90 valence electrons. The third-order valence-electron chi connectivity index (χ3n) is 2.21. The number of aliphatic hydroxyl groups is 1. The van der Waals surface area contributed by atoms with E-state index in [-0.39, 0.29) is 18.6 Å². The van der Waals surface area contributed by atoms with Crippen molar-refractivity contribution >= 4 is 40.4 Å². The third-order valence-corrected chi connectivity index (χ3v) is 3.69. The van der Waals surface area contributed by atoms with Gasteiger partial charge < -0.3 is 10.4 Å². The van der Waals surface area contributed by atoms with E-state index in [1.165, 1.54) is 11.3 Å². The van der Waals surface area contributed by atoms with Gasteiger partial charge in [-0.2, -0.15) is 0 Å². The van der Waals surface area contributed by atoms with Gasteiger partial charge in [-0.3, -0.25) is 4.79 Å². The van der Waals surface area contributed by atoms with E-state index in [0.29, 0.717) is 20.7 Å². The van der Waals surface area contributed by atoms with Crippen LogP contribution in [0.4, 0.5) is 0 Å². The molecule has 6 heteroatoms. The van der Waals surface area contributed by atoms with Crippen LogP contribution in [0, 0.1) is 0 Å². The van der Waals surface area contributed by atoms with E-state index in [2.05, 4.69) is 5.32 Å². The summed E-state index contributed by atoms with van der Waals surface area (Å²) in [7, 11) is 0. The monoisotopic (exact) mass is 281 g/mol. The van der Waals surface area contributed by atoms with Gasteiger partial charge in [0.1, 0.15) is 4.34 Å². The number of hydrogen-bond donors (Lipinski definition) is 2. The maximum atomic E-state index is 11.8. The van der Waals surface area contributed by atoms with E-state index in [1.807, 2.05) is 6.92 Å². The summed E-state index contributed by atoms with van der Waals surface area (Å²) in [6.07, 6.45) is 1.31. The number of carbonyl (C=O) groups excluding carboxylic acids is 1. The van der Waals surface area contributed by atoms with Gasteiger partial charge in [-0.25, -0.2) is 0 Å². The Morgan fingerprint density at radius 3 is 2.75 bits per heavy atom. The smallest absolute Gasteiger partial charge is 0.253 e. The van der Waals surface area contributed by atoms with E-state index < -0.39 is 0 Å². The third kappa shape index (κ3) is 3.63. The van der Waals surface area contributed by atoms with Crippen molar-refractivity contribution < 1.29 is 9.90 Å². The summed E-state index contributed by atoms with van der Waals surface area (Å²) in [5, 5.41) is 11.6. The molecule has 1 amide bonds. The molecule has 0 aromatic carbocycles. The zero-order valence-electron chi connectivity index (χ0n) is 8.80. The first-order valence-corrected chi connectivity index (χ1v) is 6.52. The molecule has 2 N–H and O–H groups in total. The van der Waals surface area contributed by atoms with Crippen molar-refractivity contribution in [3.05, 3.63) is 20.3 Å². The summed E-state index contributed by atoms with van der Waals surface area (Å²) in [5.41, 5.74) is 0.396. The summed E-state index contributed by atoms with van der Waals surface area (Å²) in [5.74, 6) is -0.242. The highest BCUT2D eigenvalue weighted by molar-refractivity contribution is 7.20. The van der Waals surface area contributed by atoms with Crippen molar-refractivity contribution in [2.24, 2.45) is 0 Å². The molecule has 1 unspecified atom stereocenters. The summed E-state index contributed by atoms with van der Waals surface area (Å²) in [6, 6.07) is 1.52. The van der Waals surface area contributed by atoms with Crippen LogP contribution in [0.1, 0.15) is 30.1 Å². The Kier molecular flexibility index (Phi) is 5.55. The van der Waals surface area contributed by atoms with Crippen LogP contribution in [0.5, 0.6) is 0 Å². The lowest BCUT2D eigenvalue weighted by molar-refractivity contribution is 0.0929. The van der Waals surface area contributed by atoms with E-state index in [1.54, 1.807) is 6.07 Å². The van der Waals surface area contributed by atoms with Gasteiger partial charge in [-0.1, -0.05) is 30.1 Å². The van der Waals surface area contributed by atoms with E-state index >= 15 is 0 Å². The molecule has 0 spiro atoms. The van der Waals surface area contributed by atoms with Crippen LogP contribution in [0.2, 0.25) is 8.67 Å². The first-order chi connectivity index (χ1) is 7.58. The molecule has 1 rings (SSSR count). The number of thiophene rings is 1. The Labute approximate surface area is 108 Å². The fourth-order valence-corrected chi connectivity index (χ4v) is 2.75. The molecule has 0 aliphatic carbocycles. The number of aliphatic hydroxyl groups excluding tert-OH is 1. The van der Waals surface area contributed by atoms with Crippen molar-refractivity contribution in [3.63, 3.8) is 0 Å². The molecule has 0 saturated heterocycles. The Hall–Kier alpha value is -0.290. The molecule has 0 aliphatic heterocycles. The van der Waals surface area contributed by atoms with Gasteiger partial charge in [0, 0.05) is 12.6 Å². The number of amides is 1. The number of rotatable bonds is 5.